The van der Waals surface area contributed by atoms with E-state index in [0.717, 1.165) is 28.9 Å². The molecular formula is C24H22ClN3O2. The summed E-state index contributed by atoms with van der Waals surface area (Å²) in [5.41, 5.74) is 3.92. The second-order valence-corrected chi connectivity index (χ2v) is 8.52. The standard InChI is InChI=1S/C24H22ClN3O2/c25-19-8-6-17(7-9-19)21-10-11-22(29)28-14-16-12-18(23(21)28)15-27(13-16)24(30)26-20-4-2-1-3-5-20/h1-11,16,18H,12-15H2,(H,26,30)/t16-,18-/m1/s1. The number of hydrogen-bond donors (Lipinski definition) is 1. The molecule has 5 nitrogen and oxygen atoms in total. The van der Waals surface area contributed by atoms with Gasteiger partial charge in [0, 0.05) is 53.6 Å². The van der Waals surface area contributed by atoms with Gasteiger partial charge in [0.05, 0.1) is 0 Å². The predicted octanol–water partition coefficient (Wildman–Crippen LogP) is 4.82. The molecular weight excluding hydrogens is 398 g/mol. The van der Waals surface area contributed by atoms with Crippen molar-refractivity contribution in [3.63, 3.8) is 0 Å². The van der Waals surface area contributed by atoms with Crippen molar-refractivity contribution in [3.05, 3.63) is 87.8 Å². The van der Waals surface area contributed by atoms with Crippen LogP contribution in [-0.4, -0.2) is 28.6 Å². The van der Waals surface area contributed by atoms with E-state index in [1.807, 2.05) is 70.1 Å². The number of halogens is 1. The molecule has 5 rings (SSSR count). The number of nitrogens with one attached hydrogen (secondary N) is 1. The van der Waals surface area contributed by atoms with Gasteiger partial charge >= 0.3 is 6.03 Å². The summed E-state index contributed by atoms with van der Waals surface area (Å²) in [6, 6.07) is 20.7. The van der Waals surface area contributed by atoms with E-state index >= 15 is 0 Å². The number of hydrogen-bond acceptors (Lipinski definition) is 2. The number of pyridine rings is 1. The van der Waals surface area contributed by atoms with Crippen LogP contribution in [0.15, 0.2) is 71.5 Å². The molecule has 1 saturated heterocycles. The number of carbonyl (C=O) groups is 1. The van der Waals surface area contributed by atoms with E-state index in [4.69, 9.17) is 11.6 Å². The maximum Gasteiger partial charge on any atom is 0.321 e. The lowest BCUT2D eigenvalue weighted by Gasteiger charge is -2.43. The molecule has 0 unspecified atom stereocenters. The normalized spacial score (nSPS) is 19.8. The summed E-state index contributed by atoms with van der Waals surface area (Å²) in [7, 11) is 0. The molecule has 6 heteroatoms. The highest BCUT2D eigenvalue weighted by atomic mass is 35.5. The first-order valence-corrected chi connectivity index (χ1v) is 10.6. The number of amides is 2. The molecule has 2 aromatic carbocycles. The van der Waals surface area contributed by atoms with E-state index in [1.165, 1.54) is 0 Å². The monoisotopic (exact) mass is 419 g/mol. The molecule has 1 N–H and O–H groups in total. The number of nitrogens with zero attached hydrogens (tertiary/aromatic N) is 2. The summed E-state index contributed by atoms with van der Waals surface area (Å²) < 4.78 is 1.91. The summed E-state index contributed by atoms with van der Waals surface area (Å²) in [5, 5.41) is 3.68. The van der Waals surface area contributed by atoms with Gasteiger partial charge in [-0.3, -0.25) is 4.79 Å². The summed E-state index contributed by atoms with van der Waals surface area (Å²) in [5.74, 6) is 0.398. The van der Waals surface area contributed by atoms with Crippen LogP contribution in [0, 0.1) is 5.92 Å². The molecule has 2 bridgehead atoms. The topological polar surface area (TPSA) is 54.3 Å². The van der Waals surface area contributed by atoms with Gasteiger partial charge in [0.2, 0.25) is 0 Å². The third-order valence-corrected chi connectivity index (χ3v) is 6.31. The Bertz CT molecular complexity index is 1140. The van der Waals surface area contributed by atoms with Crippen molar-refractivity contribution >= 4 is 23.3 Å². The third kappa shape index (κ3) is 3.50. The van der Waals surface area contributed by atoms with E-state index in [2.05, 4.69) is 5.32 Å². The Morgan fingerprint density at radius 3 is 2.47 bits per heavy atom. The first-order chi connectivity index (χ1) is 14.6. The van der Waals surface area contributed by atoms with Gasteiger partial charge < -0.3 is 14.8 Å². The van der Waals surface area contributed by atoms with Crippen molar-refractivity contribution in [2.75, 3.05) is 18.4 Å². The molecule has 30 heavy (non-hydrogen) atoms. The molecule has 0 saturated carbocycles. The quantitative estimate of drug-likeness (QED) is 0.647. The summed E-state index contributed by atoms with van der Waals surface area (Å²) >= 11 is 6.07. The fourth-order valence-electron chi connectivity index (χ4n) is 4.78. The highest BCUT2D eigenvalue weighted by Crippen LogP contribution is 2.40. The van der Waals surface area contributed by atoms with Gasteiger partial charge in [0.1, 0.15) is 0 Å². The molecule has 2 aliphatic rings. The Kier molecular flexibility index (Phi) is 4.83. The number of fused-ring (bicyclic) bond motifs is 4. The van der Waals surface area contributed by atoms with E-state index < -0.39 is 0 Å². The number of anilines is 1. The second kappa shape index (κ2) is 7.65. The van der Waals surface area contributed by atoms with Crippen molar-refractivity contribution in [1.29, 1.82) is 0 Å². The molecule has 152 valence electrons. The lowest BCUT2D eigenvalue weighted by molar-refractivity contribution is 0.140. The Balaban J connectivity index is 1.47. The minimum atomic E-state index is -0.0873. The van der Waals surface area contributed by atoms with E-state index in [0.29, 0.717) is 24.7 Å². The average Bonchev–Trinajstić information content (AvgIpc) is 2.76. The number of urea groups is 1. The number of piperidine rings is 1. The molecule has 2 amide bonds. The first-order valence-electron chi connectivity index (χ1n) is 10.2. The van der Waals surface area contributed by atoms with Gasteiger partial charge in [-0.25, -0.2) is 4.79 Å². The van der Waals surface area contributed by atoms with Crippen molar-refractivity contribution in [2.24, 2.45) is 5.92 Å². The van der Waals surface area contributed by atoms with Crippen LogP contribution in [0.2, 0.25) is 5.02 Å². The van der Waals surface area contributed by atoms with E-state index in [1.54, 1.807) is 6.07 Å². The largest absolute Gasteiger partial charge is 0.324 e. The number of benzene rings is 2. The van der Waals surface area contributed by atoms with E-state index in [-0.39, 0.29) is 23.4 Å². The molecule has 0 spiro atoms. The van der Waals surface area contributed by atoms with Crippen LogP contribution >= 0.6 is 11.6 Å². The highest BCUT2D eigenvalue weighted by Gasteiger charge is 2.37. The average molecular weight is 420 g/mol. The lowest BCUT2D eigenvalue weighted by atomic mass is 9.80. The third-order valence-electron chi connectivity index (χ3n) is 6.06. The van der Waals surface area contributed by atoms with Crippen LogP contribution in [0.1, 0.15) is 18.0 Å². The molecule has 0 aliphatic carbocycles. The zero-order chi connectivity index (χ0) is 20.7. The minimum Gasteiger partial charge on any atom is -0.324 e. The molecule has 3 aromatic rings. The van der Waals surface area contributed by atoms with Crippen LogP contribution in [0.5, 0.6) is 0 Å². The van der Waals surface area contributed by atoms with Gasteiger partial charge in [-0.15, -0.1) is 0 Å². The summed E-state index contributed by atoms with van der Waals surface area (Å²) in [6.07, 6.45) is 0.985. The molecule has 2 atom stereocenters. The Morgan fingerprint density at radius 1 is 0.933 bits per heavy atom. The Labute approximate surface area is 179 Å². The lowest BCUT2D eigenvalue weighted by Crippen LogP contribution is -2.50. The van der Waals surface area contributed by atoms with Crippen LogP contribution in [0.4, 0.5) is 10.5 Å². The number of aromatic nitrogens is 1. The maximum absolute atomic E-state index is 12.9. The second-order valence-electron chi connectivity index (χ2n) is 8.09. The SMILES string of the molecule is O=C(Nc1ccccc1)N1C[C@H]2C[C@H](C1)c1c(-c3ccc(Cl)cc3)ccc(=O)n1C2. The van der Waals surface area contributed by atoms with Crippen LogP contribution in [0.25, 0.3) is 11.1 Å². The summed E-state index contributed by atoms with van der Waals surface area (Å²) in [4.78, 5) is 27.4. The van der Waals surface area contributed by atoms with Gasteiger partial charge in [0.15, 0.2) is 0 Å². The van der Waals surface area contributed by atoms with Crippen molar-refractivity contribution in [2.45, 2.75) is 18.9 Å². The van der Waals surface area contributed by atoms with Crippen molar-refractivity contribution in [3.8, 4) is 11.1 Å². The Morgan fingerprint density at radius 2 is 1.70 bits per heavy atom. The highest BCUT2D eigenvalue weighted by molar-refractivity contribution is 6.30. The molecule has 2 aliphatic heterocycles. The molecule has 1 fully saturated rings. The first kappa shape index (κ1) is 18.9. The maximum atomic E-state index is 12.9. The number of rotatable bonds is 2. The van der Waals surface area contributed by atoms with Gasteiger partial charge in [0.25, 0.3) is 5.56 Å². The molecule has 0 radical (unpaired) electrons. The van der Waals surface area contributed by atoms with Gasteiger partial charge in [-0.1, -0.05) is 41.9 Å². The number of carbonyl (C=O) groups excluding carboxylic acids is 1. The number of para-hydroxylation sites is 1. The Hall–Kier alpha value is -3.05. The fraction of sp³-hybridized carbons (Fsp3) is 0.250. The van der Waals surface area contributed by atoms with Gasteiger partial charge in [-0.05, 0) is 48.2 Å². The minimum absolute atomic E-state index is 0.0274. The van der Waals surface area contributed by atoms with E-state index in [9.17, 15) is 9.59 Å². The zero-order valence-electron chi connectivity index (χ0n) is 16.4. The fourth-order valence-corrected chi connectivity index (χ4v) is 4.90. The van der Waals surface area contributed by atoms with Crippen molar-refractivity contribution < 1.29 is 4.79 Å². The molecule has 3 heterocycles. The van der Waals surface area contributed by atoms with Crippen LogP contribution in [0.3, 0.4) is 0 Å². The van der Waals surface area contributed by atoms with Crippen LogP contribution in [-0.2, 0) is 6.54 Å². The number of likely N-dealkylation sites (tertiary alicyclic amines) is 1. The zero-order valence-corrected chi connectivity index (χ0v) is 17.2. The van der Waals surface area contributed by atoms with Crippen LogP contribution < -0.4 is 10.9 Å². The summed E-state index contributed by atoms with van der Waals surface area (Å²) in [6.45, 7) is 1.90. The van der Waals surface area contributed by atoms with Gasteiger partial charge in [-0.2, -0.15) is 0 Å². The smallest absolute Gasteiger partial charge is 0.321 e. The predicted molar refractivity (Wildman–Crippen MR) is 119 cm³/mol. The van der Waals surface area contributed by atoms with Crippen molar-refractivity contribution in [1.82, 2.24) is 9.47 Å². The molecule has 1 aromatic heterocycles.